The number of hydrogen-bond acceptors (Lipinski definition) is 3. The lowest BCUT2D eigenvalue weighted by Gasteiger charge is -2.07. The molecule has 1 heterocycles. The van der Waals surface area contributed by atoms with Crippen LogP contribution in [0.1, 0.15) is 63.4 Å². The number of hydrogen-bond donors (Lipinski definition) is 2. The van der Waals surface area contributed by atoms with Gasteiger partial charge in [0.1, 0.15) is 5.69 Å². The lowest BCUT2D eigenvalue weighted by Crippen LogP contribution is -2.25. The second-order valence-corrected chi connectivity index (χ2v) is 5.82. The minimum Gasteiger partial charge on any atom is -0.384 e. The smallest absolute Gasteiger partial charge is 0.269 e. The van der Waals surface area contributed by atoms with E-state index in [0.29, 0.717) is 5.69 Å². The van der Waals surface area contributed by atoms with Gasteiger partial charge in [0, 0.05) is 13.1 Å². The summed E-state index contributed by atoms with van der Waals surface area (Å²) in [6, 6.07) is 3.65. The highest BCUT2D eigenvalue weighted by atomic mass is 16.1. The second-order valence-electron chi connectivity index (χ2n) is 5.82. The Morgan fingerprint density at radius 3 is 2.57 bits per heavy atom. The number of nitrogens with zero attached hydrogens (tertiary/aromatic N) is 1. The van der Waals surface area contributed by atoms with E-state index >= 15 is 0 Å². The zero-order chi connectivity index (χ0) is 15.5. The van der Waals surface area contributed by atoms with Crippen molar-refractivity contribution in [2.75, 3.05) is 18.4 Å². The van der Waals surface area contributed by atoms with Gasteiger partial charge in [-0.15, -0.1) is 0 Å². The summed E-state index contributed by atoms with van der Waals surface area (Å²) in [7, 11) is 0. The van der Waals surface area contributed by atoms with Crippen LogP contribution >= 0.6 is 0 Å². The Hall–Kier alpha value is -1.58. The van der Waals surface area contributed by atoms with Crippen LogP contribution in [-0.4, -0.2) is 24.0 Å². The lowest BCUT2D eigenvalue weighted by atomic mass is 10.0. The third-order valence-electron chi connectivity index (χ3n) is 3.37. The first kappa shape index (κ1) is 17.5. The molecule has 0 aliphatic heterocycles. The Morgan fingerprint density at radius 1 is 1.19 bits per heavy atom. The Labute approximate surface area is 128 Å². The monoisotopic (exact) mass is 291 g/mol. The van der Waals surface area contributed by atoms with Gasteiger partial charge in [-0.2, -0.15) is 0 Å². The molecule has 4 nitrogen and oxygen atoms in total. The highest BCUT2D eigenvalue weighted by molar-refractivity contribution is 5.92. The maximum Gasteiger partial charge on any atom is 0.269 e. The molecule has 1 rings (SSSR count). The van der Waals surface area contributed by atoms with Crippen LogP contribution in [0.25, 0.3) is 0 Å². The predicted molar refractivity (Wildman–Crippen MR) is 88.7 cm³/mol. The molecule has 21 heavy (non-hydrogen) atoms. The number of aromatic nitrogens is 1. The first-order chi connectivity index (χ1) is 10.1. The molecule has 0 radical (unpaired) electrons. The summed E-state index contributed by atoms with van der Waals surface area (Å²) in [6.07, 6.45) is 7.76. The number of unbranched alkanes of at least 4 members (excludes halogenated alkanes) is 3. The molecule has 0 unspecified atom stereocenters. The molecule has 2 N–H and O–H groups in total. The SMILES string of the molecule is CCNc1ccc(C(=O)NCCCCCCC(C)C)nc1. The molecule has 0 atom stereocenters. The van der Waals surface area contributed by atoms with Crippen LogP contribution in [0.4, 0.5) is 5.69 Å². The fourth-order valence-electron chi connectivity index (χ4n) is 2.16. The van der Waals surface area contributed by atoms with Crippen LogP contribution in [0.15, 0.2) is 18.3 Å². The van der Waals surface area contributed by atoms with Gasteiger partial charge >= 0.3 is 0 Å². The normalized spacial score (nSPS) is 10.7. The minimum absolute atomic E-state index is 0.0831. The molecule has 0 aromatic carbocycles. The van der Waals surface area contributed by atoms with E-state index in [4.69, 9.17) is 0 Å². The van der Waals surface area contributed by atoms with E-state index in [0.717, 1.165) is 31.1 Å². The second kappa shape index (κ2) is 10.2. The standard InChI is InChI=1S/C17H29N3O/c1-4-18-15-10-11-16(20-13-15)17(21)19-12-8-6-5-7-9-14(2)3/h10-11,13-14,18H,4-9,12H2,1-3H3,(H,19,21). The number of anilines is 1. The van der Waals surface area contributed by atoms with Gasteiger partial charge in [-0.05, 0) is 31.4 Å². The van der Waals surface area contributed by atoms with E-state index in [1.807, 2.05) is 13.0 Å². The molecule has 0 bridgehead atoms. The third-order valence-corrected chi connectivity index (χ3v) is 3.37. The largest absolute Gasteiger partial charge is 0.384 e. The molecule has 118 valence electrons. The van der Waals surface area contributed by atoms with E-state index < -0.39 is 0 Å². The Bertz CT molecular complexity index is 401. The van der Waals surface area contributed by atoms with E-state index in [1.165, 1.54) is 25.7 Å². The van der Waals surface area contributed by atoms with Crippen LogP contribution in [-0.2, 0) is 0 Å². The van der Waals surface area contributed by atoms with Gasteiger partial charge in [0.2, 0.25) is 0 Å². The molecule has 1 aromatic heterocycles. The van der Waals surface area contributed by atoms with E-state index in [1.54, 1.807) is 12.3 Å². The van der Waals surface area contributed by atoms with Crippen LogP contribution < -0.4 is 10.6 Å². The van der Waals surface area contributed by atoms with Crippen LogP contribution in [0, 0.1) is 5.92 Å². The highest BCUT2D eigenvalue weighted by Gasteiger charge is 2.05. The predicted octanol–water partition coefficient (Wildman–Crippen LogP) is 3.85. The minimum atomic E-state index is -0.0831. The van der Waals surface area contributed by atoms with Crippen molar-refractivity contribution in [3.05, 3.63) is 24.0 Å². The quantitative estimate of drug-likeness (QED) is 0.644. The van der Waals surface area contributed by atoms with E-state index in [2.05, 4.69) is 29.5 Å². The van der Waals surface area contributed by atoms with Gasteiger partial charge in [0.25, 0.3) is 5.91 Å². The first-order valence-electron chi connectivity index (χ1n) is 8.11. The first-order valence-corrected chi connectivity index (χ1v) is 8.11. The molecule has 1 amide bonds. The van der Waals surface area contributed by atoms with E-state index in [9.17, 15) is 4.79 Å². The van der Waals surface area contributed by atoms with Crippen molar-refractivity contribution in [2.45, 2.75) is 52.9 Å². The average Bonchev–Trinajstić information content (AvgIpc) is 2.47. The maximum atomic E-state index is 11.9. The zero-order valence-corrected chi connectivity index (χ0v) is 13.6. The van der Waals surface area contributed by atoms with Crippen molar-refractivity contribution in [1.29, 1.82) is 0 Å². The molecule has 1 aromatic rings. The molecule has 0 aliphatic rings. The molecule has 0 saturated heterocycles. The topological polar surface area (TPSA) is 54.0 Å². The fraction of sp³-hybridized carbons (Fsp3) is 0.647. The Kier molecular flexibility index (Phi) is 8.48. The van der Waals surface area contributed by atoms with Crippen molar-refractivity contribution in [2.24, 2.45) is 5.92 Å². The highest BCUT2D eigenvalue weighted by Crippen LogP contribution is 2.09. The van der Waals surface area contributed by atoms with E-state index in [-0.39, 0.29) is 5.91 Å². The Balaban J connectivity index is 2.15. The zero-order valence-electron chi connectivity index (χ0n) is 13.6. The summed E-state index contributed by atoms with van der Waals surface area (Å²) in [5.41, 5.74) is 1.43. The van der Waals surface area contributed by atoms with Crippen LogP contribution in [0.5, 0.6) is 0 Å². The van der Waals surface area contributed by atoms with Gasteiger partial charge in [0.15, 0.2) is 0 Å². The molecule has 0 aliphatic carbocycles. The van der Waals surface area contributed by atoms with Crippen LogP contribution in [0.3, 0.4) is 0 Å². The Morgan fingerprint density at radius 2 is 1.95 bits per heavy atom. The van der Waals surface area contributed by atoms with Gasteiger partial charge in [-0.3, -0.25) is 4.79 Å². The number of carbonyl (C=O) groups excluding carboxylic acids is 1. The number of rotatable bonds is 10. The summed E-state index contributed by atoms with van der Waals surface area (Å²) in [5.74, 6) is 0.709. The van der Waals surface area contributed by atoms with Gasteiger partial charge in [-0.1, -0.05) is 39.5 Å². The van der Waals surface area contributed by atoms with Gasteiger partial charge < -0.3 is 10.6 Å². The molecular formula is C17H29N3O. The van der Waals surface area contributed by atoms with Crippen LogP contribution in [0.2, 0.25) is 0 Å². The number of amides is 1. The lowest BCUT2D eigenvalue weighted by molar-refractivity contribution is 0.0948. The summed E-state index contributed by atoms with van der Waals surface area (Å²) >= 11 is 0. The molecular weight excluding hydrogens is 262 g/mol. The maximum absolute atomic E-state index is 11.9. The number of carbonyl (C=O) groups is 1. The average molecular weight is 291 g/mol. The summed E-state index contributed by atoms with van der Waals surface area (Å²) in [4.78, 5) is 16.1. The third kappa shape index (κ3) is 7.69. The van der Waals surface area contributed by atoms with Crippen molar-refractivity contribution in [3.8, 4) is 0 Å². The molecule has 0 saturated carbocycles. The molecule has 4 heteroatoms. The molecule has 0 fully saturated rings. The number of nitrogens with one attached hydrogen (secondary N) is 2. The summed E-state index contributed by atoms with van der Waals surface area (Å²) in [5, 5.41) is 6.09. The summed E-state index contributed by atoms with van der Waals surface area (Å²) < 4.78 is 0. The fourth-order valence-corrected chi connectivity index (χ4v) is 2.16. The number of pyridine rings is 1. The van der Waals surface area contributed by atoms with Crippen molar-refractivity contribution in [3.63, 3.8) is 0 Å². The van der Waals surface area contributed by atoms with Gasteiger partial charge in [0.05, 0.1) is 11.9 Å². The van der Waals surface area contributed by atoms with Crippen molar-refractivity contribution in [1.82, 2.24) is 10.3 Å². The summed E-state index contributed by atoms with van der Waals surface area (Å²) in [6.45, 7) is 8.13. The van der Waals surface area contributed by atoms with Gasteiger partial charge in [-0.25, -0.2) is 4.98 Å². The van der Waals surface area contributed by atoms with Crippen molar-refractivity contribution < 1.29 is 4.79 Å². The van der Waals surface area contributed by atoms with Crippen molar-refractivity contribution >= 4 is 11.6 Å². The molecule has 0 spiro atoms.